The van der Waals surface area contributed by atoms with Crippen LogP contribution in [-0.4, -0.2) is 45.9 Å². The molecule has 1 aliphatic rings. The molecular weight excluding hydrogens is 427 g/mol. The molecule has 2 N–H and O–H groups in total. The van der Waals surface area contributed by atoms with E-state index in [4.69, 9.17) is 9.73 Å². The first-order chi connectivity index (χ1) is 11.7. The maximum atomic E-state index is 5.36. The van der Waals surface area contributed by atoms with Crippen molar-refractivity contribution in [3.63, 3.8) is 0 Å². The highest BCUT2D eigenvalue weighted by Crippen LogP contribution is 2.26. The topological polar surface area (TPSA) is 48.9 Å². The third kappa shape index (κ3) is 7.40. The molecule has 0 saturated carbocycles. The van der Waals surface area contributed by atoms with Crippen LogP contribution in [-0.2, 0) is 17.7 Å². The van der Waals surface area contributed by atoms with Crippen LogP contribution in [0.2, 0.25) is 0 Å². The smallest absolute Gasteiger partial charge is 0.191 e. The second-order valence-corrected chi connectivity index (χ2v) is 6.16. The van der Waals surface area contributed by atoms with E-state index in [1.165, 1.54) is 29.7 Å². The molecule has 1 heterocycles. The van der Waals surface area contributed by atoms with Crippen LogP contribution >= 0.6 is 24.0 Å². The number of anilines is 1. The molecule has 5 nitrogen and oxygen atoms in total. The largest absolute Gasteiger partial charge is 0.382 e. The van der Waals surface area contributed by atoms with Crippen LogP contribution in [0.3, 0.4) is 0 Å². The first kappa shape index (κ1) is 22.0. The minimum atomic E-state index is 0. The minimum Gasteiger partial charge on any atom is -0.382 e. The Balaban J connectivity index is 0.00000312. The third-order valence-electron chi connectivity index (χ3n) is 4.22. The number of aryl methyl sites for hydroxylation is 1. The van der Waals surface area contributed by atoms with Gasteiger partial charge in [-0.25, -0.2) is 4.99 Å². The Morgan fingerprint density at radius 3 is 2.88 bits per heavy atom. The predicted octanol–water partition coefficient (Wildman–Crippen LogP) is 3.17. The Morgan fingerprint density at radius 2 is 2.12 bits per heavy atom. The van der Waals surface area contributed by atoms with E-state index in [0.717, 1.165) is 45.2 Å². The molecule has 0 amide bonds. The van der Waals surface area contributed by atoms with Crippen molar-refractivity contribution in [3.05, 3.63) is 29.3 Å². The van der Waals surface area contributed by atoms with E-state index in [2.05, 4.69) is 47.7 Å². The fraction of sp³-hybridized carbons (Fsp3) is 0.632. The first-order valence-corrected chi connectivity index (χ1v) is 9.17. The molecule has 2 rings (SSSR count). The van der Waals surface area contributed by atoms with Crippen molar-refractivity contribution in [2.45, 2.75) is 39.7 Å². The monoisotopic (exact) mass is 460 g/mol. The molecule has 0 bridgehead atoms. The molecule has 0 atom stereocenters. The van der Waals surface area contributed by atoms with Gasteiger partial charge >= 0.3 is 0 Å². The molecule has 0 unspecified atom stereocenters. The second-order valence-electron chi connectivity index (χ2n) is 6.16. The number of fused-ring (bicyclic) bond motifs is 1. The van der Waals surface area contributed by atoms with Crippen molar-refractivity contribution in [3.8, 4) is 0 Å². The van der Waals surface area contributed by atoms with Gasteiger partial charge in [-0.05, 0) is 50.3 Å². The number of rotatable bonds is 8. The number of nitrogens with one attached hydrogen (secondary N) is 2. The summed E-state index contributed by atoms with van der Waals surface area (Å²) < 4.78 is 5.36. The molecule has 0 fully saturated rings. The third-order valence-corrected chi connectivity index (χ3v) is 4.22. The van der Waals surface area contributed by atoms with Gasteiger partial charge in [0.1, 0.15) is 0 Å². The van der Waals surface area contributed by atoms with Crippen molar-refractivity contribution in [2.75, 3.05) is 44.8 Å². The van der Waals surface area contributed by atoms with E-state index in [-0.39, 0.29) is 24.0 Å². The van der Waals surface area contributed by atoms with Gasteiger partial charge in [-0.15, -0.1) is 24.0 Å². The molecule has 0 saturated heterocycles. The minimum absolute atomic E-state index is 0. The van der Waals surface area contributed by atoms with Gasteiger partial charge in [-0.3, -0.25) is 0 Å². The number of hydrogen-bond acceptors (Lipinski definition) is 3. The van der Waals surface area contributed by atoms with Crippen molar-refractivity contribution in [2.24, 2.45) is 4.99 Å². The molecule has 0 aliphatic carbocycles. The molecule has 142 valence electrons. The van der Waals surface area contributed by atoms with Crippen LogP contribution in [0.4, 0.5) is 5.69 Å². The van der Waals surface area contributed by atoms with Crippen LogP contribution in [0, 0.1) is 0 Å². The van der Waals surface area contributed by atoms with Crippen LogP contribution in [0.25, 0.3) is 0 Å². The standard InChI is InChI=1S/C19H32N4O.HI/c1-4-20-19(21-11-7-13-24-5-2)22-15-16-9-10-18-17(14-16)8-6-12-23(18)3;/h9-10,14H,4-8,11-13,15H2,1-3H3,(H2,20,21,22);1H. The SMILES string of the molecule is CCNC(=NCc1ccc2c(c1)CCCN2C)NCCCOCC.I. The quantitative estimate of drug-likeness (QED) is 0.271. The van der Waals surface area contributed by atoms with Crippen LogP contribution in [0.5, 0.6) is 0 Å². The summed E-state index contributed by atoms with van der Waals surface area (Å²) in [5, 5.41) is 6.67. The summed E-state index contributed by atoms with van der Waals surface area (Å²) >= 11 is 0. The Hall–Kier alpha value is -1.02. The summed E-state index contributed by atoms with van der Waals surface area (Å²) in [6, 6.07) is 6.75. The van der Waals surface area contributed by atoms with E-state index in [0.29, 0.717) is 6.54 Å². The molecule has 1 aromatic carbocycles. The maximum absolute atomic E-state index is 5.36. The molecule has 0 radical (unpaired) electrons. The first-order valence-electron chi connectivity index (χ1n) is 9.17. The molecule has 25 heavy (non-hydrogen) atoms. The normalized spacial score (nSPS) is 13.9. The van der Waals surface area contributed by atoms with Gasteiger partial charge in [0.05, 0.1) is 6.54 Å². The van der Waals surface area contributed by atoms with Crippen LogP contribution in [0.1, 0.15) is 37.8 Å². The second kappa shape index (κ2) is 12.4. The zero-order valence-electron chi connectivity index (χ0n) is 15.8. The van der Waals surface area contributed by atoms with E-state index >= 15 is 0 Å². The fourth-order valence-corrected chi connectivity index (χ4v) is 2.97. The summed E-state index contributed by atoms with van der Waals surface area (Å²) in [4.78, 5) is 7.05. The van der Waals surface area contributed by atoms with Gasteiger partial charge in [0.2, 0.25) is 0 Å². The summed E-state index contributed by atoms with van der Waals surface area (Å²) in [6.45, 7) is 9.29. The number of aliphatic imine (C=N–C) groups is 1. The zero-order chi connectivity index (χ0) is 17.2. The molecule has 0 spiro atoms. The Bertz CT molecular complexity index is 536. The zero-order valence-corrected chi connectivity index (χ0v) is 18.1. The molecule has 6 heteroatoms. The lowest BCUT2D eigenvalue weighted by Gasteiger charge is -2.27. The van der Waals surface area contributed by atoms with E-state index in [1.807, 2.05) is 6.92 Å². The van der Waals surface area contributed by atoms with Gasteiger partial charge in [0.15, 0.2) is 5.96 Å². The van der Waals surface area contributed by atoms with E-state index in [9.17, 15) is 0 Å². The van der Waals surface area contributed by atoms with Crippen LogP contribution in [0.15, 0.2) is 23.2 Å². The average molecular weight is 460 g/mol. The molecule has 0 aromatic heterocycles. The van der Waals surface area contributed by atoms with Gasteiger partial charge in [0.25, 0.3) is 0 Å². The summed E-state index contributed by atoms with van der Waals surface area (Å²) in [5.41, 5.74) is 4.09. The Kier molecular flexibility index (Phi) is 10.9. The van der Waals surface area contributed by atoms with Crippen molar-refractivity contribution < 1.29 is 4.74 Å². The summed E-state index contributed by atoms with van der Waals surface area (Å²) in [6.07, 6.45) is 3.40. The number of benzene rings is 1. The number of guanidine groups is 1. The molecule has 1 aromatic rings. The molecule has 1 aliphatic heterocycles. The molecular formula is C19H33IN4O. The Morgan fingerprint density at radius 1 is 1.28 bits per heavy atom. The average Bonchev–Trinajstić information content (AvgIpc) is 2.59. The number of hydrogen-bond donors (Lipinski definition) is 2. The lowest BCUT2D eigenvalue weighted by molar-refractivity contribution is 0.145. The number of nitrogens with zero attached hydrogens (tertiary/aromatic N) is 2. The summed E-state index contributed by atoms with van der Waals surface area (Å²) in [7, 11) is 2.17. The summed E-state index contributed by atoms with van der Waals surface area (Å²) in [5.74, 6) is 0.879. The van der Waals surface area contributed by atoms with E-state index in [1.54, 1.807) is 0 Å². The lowest BCUT2D eigenvalue weighted by atomic mass is 10.00. The van der Waals surface area contributed by atoms with Crippen molar-refractivity contribution in [1.29, 1.82) is 0 Å². The highest BCUT2D eigenvalue weighted by Gasteiger charge is 2.13. The lowest BCUT2D eigenvalue weighted by Crippen LogP contribution is -2.38. The highest BCUT2D eigenvalue weighted by molar-refractivity contribution is 14.0. The van der Waals surface area contributed by atoms with Gasteiger partial charge in [-0.2, -0.15) is 0 Å². The van der Waals surface area contributed by atoms with Crippen molar-refractivity contribution in [1.82, 2.24) is 10.6 Å². The van der Waals surface area contributed by atoms with Gasteiger partial charge in [-0.1, -0.05) is 12.1 Å². The number of ether oxygens (including phenoxy) is 1. The number of halogens is 1. The van der Waals surface area contributed by atoms with Gasteiger partial charge < -0.3 is 20.3 Å². The predicted molar refractivity (Wildman–Crippen MR) is 117 cm³/mol. The van der Waals surface area contributed by atoms with E-state index < -0.39 is 0 Å². The van der Waals surface area contributed by atoms with Crippen molar-refractivity contribution >= 4 is 35.6 Å². The Labute approximate surface area is 169 Å². The van der Waals surface area contributed by atoms with Crippen LogP contribution < -0.4 is 15.5 Å². The highest BCUT2D eigenvalue weighted by atomic mass is 127. The fourth-order valence-electron chi connectivity index (χ4n) is 2.97. The maximum Gasteiger partial charge on any atom is 0.191 e. The van der Waals surface area contributed by atoms with Gasteiger partial charge in [0, 0.05) is 45.6 Å².